The first-order valence-electron chi connectivity index (χ1n) is 3.04. The molecule has 1 atom stereocenters. The van der Waals surface area contributed by atoms with Crippen molar-refractivity contribution in [2.45, 2.75) is 26.7 Å². The predicted molar refractivity (Wildman–Crippen MR) is 46.4 cm³/mol. The second-order valence-corrected chi connectivity index (χ2v) is 2.24. The third kappa shape index (κ3) is 107. The molecule has 0 aliphatic rings. The van der Waals surface area contributed by atoms with Crippen LogP contribution >= 0.6 is 9.24 Å². The average molecular weight is 168 g/mol. The summed E-state index contributed by atoms with van der Waals surface area (Å²) in [6.07, 6.45) is 3.94. The third-order valence-corrected chi connectivity index (χ3v) is 0.966. The fraction of sp³-hybridized carbons (Fsp3) is 0.833. The number of rotatable bonds is 2. The van der Waals surface area contributed by atoms with Crippen molar-refractivity contribution in [1.29, 1.82) is 0 Å². The number of carboxylic acid groups (broad SMARTS) is 1. The van der Waals surface area contributed by atoms with Gasteiger partial charge in [-0.15, -0.1) is 9.24 Å². The van der Waals surface area contributed by atoms with Gasteiger partial charge in [-0.05, 0) is 6.16 Å². The van der Waals surface area contributed by atoms with Crippen LogP contribution in [0, 0.1) is 0 Å². The van der Waals surface area contributed by atoms with E-state index >= 15 is 0 Å². The number of hydrogen-bond acceptors (Lipinski definition) is 1. The molecule has 64 valence electrons. The highest BCUT2D eigenvalue weighted by Crippen LogP contribution is 1.89. The van der Waals surface area contributed by atoms with Gasteiger partial charge in [-0.25, -0.2) is 0 Å². The summed E-state index contributed by atoms with van der Waals surface area (Å²) >= 11 is 0. The Morgan fingerprint density at radius 3 is 1.90 bits per heavy atom. The van der Waals surface area contributed by atoms with E-state index in [1.54, 1.807) is 0 Å². The molecule has 0 rings (SSSR count). The molecular formula is C6H17O3P. The lowest BCUT2D eigenvalue weighted by molar-refractivity contribution is -0.134. The summed E-state index contributed by atoms with van der Waals surface area (Å²) < 4.78 is 0. The number of aliphatic carboxylic acids is 1. The maximum Gasteiger partial charge on any atom is 0.300 e. The van der Waals surface area contributed by atoms with Crippen LogP contribution in [0.15, 0.2) is 0 Å². The SMILES string of the molecule is CC(=O)O.CCCCP.O. The lowest BCUT2D eigenvalue weighted by Gasteiger charge is -1.79. The van der Waals surface area contributed by atoms with Crippen LogP contribution in [-0.4, -0.2) is 22.7 Å². The van der Waals surface area contributed by atoms with E-state index in [1.807, 2.05) is 0 Å². The summed E-state index contributed by atoms with van der Waals surface area (Å²) in [5.41, 5.74) is 0. The second-order valence-electron chi connectivity index (χ2n) is 1.66. The maximum atomic E-state index is 9.00. The Bertz CT molecular complexity index is 60.0. The highest BCUT2D eigenvalue weighted by Gasteiger charge is 1.68. The molecule has 0 radical (unpaired) electrons. The monoisotopic (exact) mass is 168 g/mol. The first-order chi connectivity index (χ1) is 4.15. The normalized spacial score (nSPS) is 6.70. The molecule has 3 nitrogen and oxygen atoms in total. The Morgan fingerprint density at radius 1 is 1.60 bits per heavy atom. The molecule has 10 heavy (non-hydrogen) atoms. The molecule has 0 heterocycles. The third-order valence-electron chi connectivity index (χ3n) is 0.558. The van der Waals surface area contributed by atoms with Gasteiger partial charge in [0.2, 0.25) is 0 Å². The Balaban J connectivity index is -0.0000000910. The van der Waals surface area contributed by atoms with Crippen LogP contribution in [-0.2, 0) is 4.79 Å². The van der Waals surface area contributed by atoms with E-state index in [2.05, 4.69) is 16.2 Å². The summed E-state index contributed by atoms with van der Waals surface area (Å²) in [6.45, 7) is 3.28. The molecule has 0 aromatic heterocycles. The molecule has 3 N–H and O–H groups in total. The first-order valence-corrected chi connectivity index (χ1v) is 3.86. The number of hydrogen-bond donors (Lipinski definition) is 1. The lowest BCUT2D eigenvalue weighted by Crippen LogP contribution is -1.78. The molecule has 0 aliphatic heterocycles. The topological polar surface area (TPSA) is 68.8 Å². The molecule has 0 aromatic rings. The molecule has 0 fully saturated rings. The predicted octanol–water partition coefficient (Wildman–Crippen LogP) is 0.928. The van der Waals surface area contributed by atoms with Crippen molar-refractivity contribution in [1.82, 2.24) is 0 Å². The highest BCUT2D eigenvalue weighted by atomic mass is 31.0. The first kappa shape index (κ1) is 16.4. The summed E-state index contributed by atoms with van der Waals surface area (Å²) in [5, 5.41) is 7.42. The van der Waals surface area contributed by atoms with Gasteiger partial charge in [-0.3, -0.25) is 4.79 Å². The van der Waals surface area contributed by atoms with Crippen molar-refractivity contribution in [2.24, 2.45) is 0 Å². The highest BCUT2D eigenvalue weighted by molar-refractivity contribution is 7.16. The van der Waals surface area contributed by atoms with Crippen molar-refractivity contribution in [2.75, 3.05) is 6.16 Å². The van der Waals surface area contributed by atoms with Gasteiger partial charge in [0.25, 0.3) is 5.97 Å². The van der Waals surface area contributed by atoms with E-state index in [9.17, 15) is 0 Å². The van der Waals surface area contributed by atoms with Crippen molar-refractivity contribution >= 4 is 15.2 Å². The Kier molecular flexibility index (Phi) is 26.2. The van der Waals surface area contributed by atoms with Gasteiger partial charge in [0.15, 0.2) is 0 Å². The molecule has 0 saturated heterocycles. The van der Waals surface area contributed by atoms with Crippen LogP contribution in [0.2, 0.25) is 0 Å². The Labute approximate surface area is 64.3 Å². The summed E-state index contributed by atoms with van der Waals surface area (Å²) in [6, 6.07) is 0. The molecule has 0 saturated carbocycles. The van der Waals surface area contributed by atoms with Gasteiger partial charge in [0.05, 0.1) is 0 Å². The smallest absolute Gasteiger partial charge is 0.300 e. The van der Waals surface area contributed by atoms with E-state index in [4.69, 9.17) is 9.90 Å². The van der Waals surface area contributed by atoms with Crippen LogP contribution < -0.4 is 0 Å². The lowest BCUT2D eigenvalue weighted by atomic mass is 10.4. The Morgan fingerprint density at radius 2 is 1.90 bits per heavy atom. The van der Waals surface area contributed by atoms with Crippen LogP contribution in [0.5, 0.6) is 0 Å². The molecular weight excluding hydrogens is 151 g/mol. The van der Waals surface area contributed by atoms with Crippen molar-refractivity contribution in [3.8, 4) is 0 Å². The van der Waals surface area contributed by atoms with Gasteiger partial charge in [-0.1, -0.05) is 19.8 Å². The molecule has 1 unspecified atom stereocenters. The van der Waals surface area contributed by atoms with Crippen molar-refractivity contribution < 1.29 is 15.4 Å². The van der Waals surface area contributed by atoms with Crippen molar-refractivity contribution in [3.63, 3.8) is 0 Å². The van der Waals surface area contributed by atoms with Gasteiger partial charge in [0, 0.05) is 6.92 Å². The van der Waals surface area contributed by atoms with E-state index in [1.165, 1.54) is 19.0 Å². The van der Waals surface area contributed by atoms with E-state index < -0.39 is 5.97 Å². The van der Waals surface area contributed by atoms with Crippen molar-refractivity contribution in [3.05, 3.63) is 0 Å². The summed E-state index contributed by atoms with van der Waals surface area (Å²) in [5.74, 6) is -0.833. The van der Waals surface area contributed by atoms with Gasteiger partial charge in [-0.2, -0.15) is 0 Å². The van der Waals surface area contributed by atoms with Gasteiger partial charge >= 0.3 is 0 Å². The van der Waals surface area contributed by atoms with E-state index in [0.29, 0.717) is 0 Å². The second kappa shape index (κ2) is 15.9. The van der Waals surface area contributed by atoms with Gasteiger partial charge < -0.3 is 10.6 Å². The molecule has 4 heteroatoms. The minimum atomic E-state index is -0.833. The van der Waals surface area contributed by atoms with Crippen LogP contribution in [0.1, 0.15) is 26.7 Å². The minimum absolute atomic E-state index is 0. The Hall–Kier alpha value is -0.140. The quantitative estimate of drug-likeness (QED) is 0.623. The van der Waals surface area contributed by atoms with Crippen LogP contribution in [0.3, 0.4) is 0 Å². The maximum absolute atomic E-state index is 9.00. The van der Waals surface area contributed by atoms with E-state index in [0.717, 1.165) is 6.92 Å². The fourth-order valence-corrected chi connectivity index (χ4v) is 0.612. The number of unbranched alkanes of at least 4 members (excludes halogenated alkanes) is 1. The average Bonchev–Trinajstić information content (AvgIpc) is 1.66. The molecule has 0 bridgehead atoms. The molecule has 0 aliphatic carbocycles. The summed E-state index contributed by atoms with van der Waals surface area (Å²) in [4.78, 5) is 9.00. The van der Waals surface area contributed by atoms with Crippen LogP contribution in [0.25, 0.3) is 0 Å². The number of carbonyl (C=O) groups is 1. The molecule has 0 amide bonds. The minimum Gasteiger partial charge on any atom is -0.481 e. The van der Waals surface area contributed by atoms with E-state index in [-0.39, 0.29) is 5.48 Å². The largest absolute Gasteiger partial charge is 0.481 e. The zero-order chi connectivity index (χ0) is 7.70. The number of carboxylic acids is 1. The zero-order valence-corrected chi connectivity index (χ0v) is 7.71. The van der Waals surface area contributed by atoms with Gasteiger partial charge in [0.1, 0.15) is 0 Å². The standard InChI is InChI=1S/C4H11P.C2H4O2.H2O/c1-2-3-4-5;1-2(3)4;/h2-5H2,1H3;1H3,(H,3,4);1H2. The van der Waals surface area contributed by atoms with Crippen LogP contribution in [0.4, 0.5) is 0 Å². The molecule has 0 aromatic carbocycles. The summed E-state index contributed by atoms with van der Waals surface area (Å²) in [7, 11) is 2.70. The molecule has 0 spiro atoms. The fourth-order valence-electron chi connectivity index (χ4n) is 0.204. The zero-order valence-electron chi connectivity index (χ0n) is 6.55.